The molecule has 0 radical (unpaired) electrons. The molecule has 0 aliphatic carbocycles. The molecule has 0 spiro atoms. The molecule has 2 aromatic carbocycles. The summed E-state index contributed by atoms with van der Waals surface area (Å²) >= 11 is 0. The van der Waals surface area contributed by atoms with E-state index >= 15 is 0 Å². The lowest BCUT2D eigenvalue weighted by atomic mass is 9.95. The van der Waals surface area contributed by atoms with Gasteiger partial charge in [0.05, 0.1) is 0 Å². The monoisotopic (exact) mass is 237 g/mol. The van der Waals surface area contributed by atoms with Crippen molar-refractivity contribution in [1.29, 1.82) is 0 Å². The fourth-order valence-electron chi connectivity index (χ4n) is 2.71. The number of rotatable bonds is 2. The van der Waals surface area contributed by atoms with E-state index in [2.05, 4.69) is 60.8 Å². The molecule has 1 fully saturated rings. The van der Waals surface area contributed by atoms with E-state index < -0.39 is 0 Å². The third-order valence-electron chi connectivity index (χ3n) is 3.79. The third-order valence-corrected chi connectivity index (χ3v) is 3.79. The van der Waals surface area contributed by atoms with Crippen LogP contribution in [-0.4, -0.2) is 13.1 Å². The second-order valence-corrected chi connectivity index (χ2v) is 5.18. The van der Waals surface area contributed by atoms with Crippen molar-refractivity contribution in [3.8, 4) is 11.1 Å². The van der Waals surface area contributed by atoms with Gasteiger partial charge in [-0.2, -0.15) is 0 Å². The normalized spacial score (nSPS) is 19.1. The van der Waals surface area contributed by atoms with Gasteiger partial charge >= 0.3 is 0 Å². The van der Waals surface area contributed by atoms with E-state index in [-0.39, 0.29) is 0 Å². The van der Waals surface area contributed by atoms with Crippen molar-refractivity contribution in [3.63, 3.8) is 0 Å². The van der Waals surface area contributed by atoms with Crippen LogP contribution in [0.1, 0.15) is 23.5 Å². The van der Waals surface area contributed by atoms with Crippen LogP contribution in [-0.2, 0) is 0 Å². The number of aryl methyl sites for hydroxylation is 1. The predicted molar refractivity (Wildman–Crippen MR) is 76.8 cm³/mol. The Morgan fingerprint density at radius 2 is 1.83 bits per heavy atom. The van der Waals surface area contributed by atoms with Gasteiger partial charge in [0.25, 0.3) is 0 Å². The first kappa shape index (κ1) is 11.5. The zero-order chi connectivity index (χ0) is 12.4. The maximum atomic E-state index is 3.42. The van der Waals surface area contributed by atoms with Gasteiger partial charge in [-0.05, 0) is 42.5 Å². The zero-order valence-corrected chi connectivity index (χ0v) is 10.8. The van der Waals surface area contributed by atoms with Crippen molar-refractivity contribution >= 4 is 0 Å². The maximum Gasteiger partial charge on any atom is 0.00206 e. The largest absolute Gasteiger partial charge is 0.316 e. The summed E-state index contributed by atoms with van der Waals surface area (Å²) < 4.78 is 0. The Bertz CT molecular complexity index is 522. The van der Waals surface area contributed by atoms with E-state index in [9.17, 15) is 0 Å². The Morgan fingerprint density at radius 1 is 1.00 bits per heavy atom. The molecule has 0 bridgehead atoms. The molecule has 18 heavy (non-hydrogen) atoms. The van der Waals surface area contributed by atoms with Crippen molar-refractivity contribution in [1.82, 2.24) is 5.32 Å². The molecule has 0 amide bonds. The fourth-order valence-corrected chi connectivity index (χ4v) is 2.71. The Morgan fingerprint density at radius 3 is 2.50 bits per heavy atom. The second-order valence-electron chi connectivity index (χ2n) is 5.18. The topological polar surface area (TPSA) is 12.0 Å². The van der Waals surface area contributed by atoms with E-state index in [0.29, 0.717) is 5.92 Å². The molecule has 1 unspecified atom stereocenters. The minimum Gasteiger partial charge on any atom is -0.316 e. The minimum absolute atomic E-state index is 0.705. The second kappa shape index (κ2) is 4.95. The first-order valence-electron chi connectivity index (χ1n) is 6.71. The van der Waals surface area contributed by atoms with Crippen LogP contribution < -0.4 is 5.32 Å². The zero-order valence-electron chi connectivity index (χ0n) is 10.8. The highest BCUT2D eigenvalue weighted by atomic mass is 14.9. The molecule has 2 aromatic rings. The lowest BCUT2D eigenvalue weighted by molar-refractivity contribution is 0.763. The van der Waals surface area contributed by atoms with E-state index in [0.717, 1.165) is 13.1 Å². The van der Waals surface area contributed by atoms with Gasteiger partial charge in [0.15, 0.2) is 0 Å². The van der Waals surface area contributed by atoms with Crippen molar-refractivity contribution in [2.45, 2.75) is 19.3 Å². The lowest BCUT2D eigenvalue weighted by Gasteiger charge is -2.10. The van der Waals surface area contributed by atoms with Crippen LogP contribution in [0.25, 0.3) is 11.1 Å². The van der Waals surface area contributed by atoms with Crippen molar-refractivity contribution in [2.24, 2.45) is 0 Å². The number of benzene rings is 2. The van der Waals surface area contributed by atoms with Gasteiger partial charge in [-0.3, -0.25) is 0 Å². The standard InChI is InChI=1S/C17H19N/c1-13-3-2-4-16(11-13)14-5-7-15(8-6-14)17-9-10-18-12-17/h2-8,11,17-18H,9-10,12H2,1H3. The molecule has 1 N–H and O–H groups in total. The SMILES string of the molecule is Cc1cccc(-c2ccc(C3CCNC3)cc2)c1. The maximum absolute atomic E-state index is 3.42. The van der Waals surface area contributed by atoms with Crippen molar-refractivity contribution in [2.75, 3.05) is 13.1 Å². The molecule has 1 atom stereocenters. The Balaban J connectivity index is 1.86. The van der Waals surface area contributed by atoms with Crippen LogP contribution in [0.2, 0.25) is 0 Å². The number of nitrogens with one attached hydrogen (secondary N) is 1. The summed E-state index contributed by atoms with van der Waals surface area (Å²) in [5.41, 5.74) is 5.41. The smallest absolute Gasteiger partial charge is 0.00206 e. The first-order valence-corrected chi connectivity index (χ1v) is 6.71. The van der Waals surface area contributed by atoms with Gasteiger partial charge in [-0.25, -0.2) is 0 Å². The summed E-state index contributed by atoms with van der Waals surface area (Å²) in [4.78, 5) is 0. The van der Waals surface area contributed by atoms with Crippen LogP contribution in [0.15, 0.2) is 48.5 Å². The highest BCUT2D eigenvalue weighted by Gasteiger charge is 2.16. The average Bonchev–Trinajstić information content (AvgIpc) is 2.93. The van der Waals surface area contributed by atoms with Crippen LogP contribution >= 0.6 is 0 Å². The van der Waals surface area contributed by atoms with Crippen LogP contribution in [0.5, 0.6) is 0 Å². The molecule has 3 rings (SSSR count). The fraction of sp³-hybridized carbons (Fsp3) is 0.294. The average molecular weight is 237 g/mol. The van der Waals surface area contributed by atoms with E-state index in [1.165, 1.54) is 28.7 Å². The predicted octanol–water partition coefficient (Wildman–Crippen LogP) is 3.74. The summed E-state index contributed by atoms with van der Waals surface area (Å²) in [6.45, 7) is 4.43. The molecule has 1 heteroatoms. The van der Waals surface area contributed by atoms with Gasteiger partial charge in [0, 0.05) is 6.54 Å². The Hall–Kier alpha value is -1.60. The van der Waals surface area contributed by atoms with E-state index in [1.807, 2.05) is 0 Å². The van der Waals surface area contributed by atoms with Crippen LogP contribution in [0, 0.1) is 6.92 Å². The quantitative estimate of drug-likeness (QED) is 0.839. The minimum atomic E-state index is 0.705. The van der Waals surface area contributed by atoms with E-state index in [1.54, 1.807) is 0 Å². The molecule has 1 aliphatic heterocycles. The van der Waals surface area contributed by atoms with Gasteiger partial charge in [-0.15, -0.1) is 0 Å². The van der Waals surface area contributed by atoms with Crippen LogP contribution in [0.3, 0.4) is 0 Å². The number of hydrogen-bond donors (Lipinski definition) is 1. The third kappa shape index (κ3) is 2.32. The number of hydrogen-bond acceptors (Lipinski definition) is 1. The van der Waals surface area contributed by atoms with E-state index in [4.69, 9.17) is 0 Å². The summed E-state index contributed by atoms with van der Waals surface area (Å²) in [7, 11) is 0. The molecule has 0 aromatic heterocycles. The van der Waals surface area contributed by atoms with Gasteiger partial charge in [-0.1, -0.05) is 54.1 Å². The molecule has 0 saturated carbocycles. The molecule has 1 nitrogen and oxygen atoms in total. The summed E-state index contributed by atoms with van der Waals surface area (Å²) in [6.07, 6.45) is 1.27. The lowest BCUT2D eigenvalue weighted by Crippen LogP contribution is -2.07. The Labute approximate surface area is 109 Å². The van der Waals surface area contributed by atoms with Gasteiger partial charge in [0.2, 0.25) is 0 Å². The first-order chi connectivity index (χ1) is 8.83. The summed E-state index contributed by atoms with van der Waals surface area (Å²) in [6, 6.07) is 17.8. The molecule has 92 valence electrons. The molecule has 1 aliphatic rings. The summed E-state index contributed by atoms with van der Waals surface area (Å²) in [5, 5.41) is 3.42. The van der Waals surface area contributed by atoms with Gasteiger partial charge < -0.3 is 5.32 Å². The molecule has 1 heterocycles. The highest BCUT2D eigenvalue weighted by molar-refractivity contribution is 5.64. The van der Waals surface area contributed by atoms with Gasteiger partial charge in [0.1, 0.15) is 0 Å². The Kier molecular flexibility index (Phi) is 3.16. The van der Waals surface area contributed by atoms with Crippen molar-refractivity contribution in [3.05, 3.63) is 59.7 Å². The molecular weight excluding hydrogens is 218 g/mol. The highest BCUT2D eigenvalue weighted by Crippen LogP contribution is 2.26. The van der Waals surface area contributed by atoms with Crippen LogP contribution in [0.4, 0.5) is 0 Å². The molecule has 1 saturated heterocycles. The summed E-state index contributed by atoms with van der Waals surface area (Å²) in [5.74, 6) is 0.705. The van der Waals surface area contributed by atoms with Crippen molar-refractivity contribution < 1.29 is 0 Å². The molecular formula is C17H19N.